The molecular weight excluding hydrogens is 296 g/mol. The summed E-state index contributed by atoms with van der Waals surface area (Å²) in [4.78, 5) is 0.368. The average molecular weight is 317 g/mol. The summed E-state index contributed by atoms with van der Waals surface area (Å²) >= 11 is 5.90. The summed E-state index contributed by atoms with van der Waals surface area (Å²) in [7, 11) is -1.51. The van der Waals surface area contributed by atoms with Crippen LogP contribution in [0, 0.1) is 12.8 Å². The molecule has 0 amide bonds. The maximum atomic E-state index is 12.7. The Morgan fingerprint density at radius 3 is 2.85 bits per heavy atom. The van der Waals surface area contributed by atoms with Crippen molar-refractivity contribution in [3.63, 3.8) is 0 Å². The van der Waals surface area contributed by atoms with Crippen LogP contribution in [0.5, 0.6) is 0 Å². The molecule has 1 aromatic rings. The first-order valence-corrected chi connectivity index (χ1v) is 8.68. The molecule has 4 nitrogen and oxygen atoms in total. The number of halogens is 1. The summed E-state index contributed by atoms with van der Waals surface area (Å²) in [5, 5.41) is 3.69. The SMILES string of the molecule is CNCC1CCCN(S(=O)(=O)c2ccc(Cl)cc2C)C1. The van der Waals surface area contributed by atoms with Gasteiger partial charge >= 0.3 is 0 Å². The summed E-state index contributed by atoms with van der Waals surface area (Å²) in [5.41, 5.74) is 0.702. The highest BCUT2D eigenvalue weighted by Gasteiger charge is 2.30. The zero-order chi connectivity index (χ0) is 14.8. The summed E-state index contributed by atoms with van der Waals surface area (Å²) in [6.45, 7) is 3.83. The van der Waals surface area contributed by atoms with Crippen LogP contribution in [0.1, 0.15) is 18.4 Å². The number of benzene rings is 1. The number of hydrogen-bond donors (Lipinski definition) is 1. The van der Waals surface area contributed by atoms with Crippen molar-refractivity contribution < 1.29 is 8.42 Å². The maximum Gasteiger partial charge on any atom is 0.243 e. The lowest BCUT2D eigenvalue weighted by molar-refractivity contribution is 0.263. The number of sulfonamides is 1. The predicted octanol–water partition coefficient (Wildman–Crippen LogP) is 2.27. The molecule has 1 heterocycles. The maximum absolute atomic E-state index is 12.7. The highest BCUT2D eigenvalue weighted by Crippen LogP contribution is 2.26. The number of nitrogens with one attached hydrogen (secondary N) is 1. The van der Waals surface area contributed by atoms with Crippen LogP contribution in [0.2, 0.25) is 5.02 Å². The predicted molar refractivity (Wildman–Crippen MR) is 81.6 cm³/mol. The molecule has 1 unspecified atom stereocenters. The molecule has 1 fully saturated rings. The molecule has 0 bridgehead atoms. The summed E-state index contributed by atoms with van der Waals surface area (Å²) in [6, 6.07) is 4.94. The van der Waals surface area contributed by atoms with E-state index in [4.69, 9.17) is 11.6 Å². The van der Waals surface area contributed by atoms with Crippen LogP contribution < -0.4 is 5.32 Å². The molecule has 1 atom stereocenters. The Hall–Kier alpha value is -0.620. The van der Waals surface area contributed by atoms with Gasteiger partial charge in [-0.15, -0.1) is 0 Å². The van der Waals surface area contributed by atoms with Crippen molar-refractivity contribution in [3.05, 3.63) is 28.8 Å². The van der Waals surface area contributed by atoms with Crippen molar-refractivity contribution in [2.75, 3.05) is 26.7 Å². The second-order valence-electron chi connectivity index (χ2n) is 5.34. The molecule has 6 heteroatoms. The monoisotopic (exact) mass is 316 g/mol. The van der Waals surface area contributed by atoms with Crippen LogP contribution in [0.25, 0.3) is 0 Å². The minimum Gasteiger partial charge on any atom is -0.319 e. The van der Waals surface area contributed by atoms with Crippen LogP contribution >= 0.6 is 11.6 Å². The Morgan fingerprint density at radius 2 is 2.20 bits per heavy atom. The first-order chi connectivity index (χ1) is 9.45. The van der Waals surface area contributed by atoms with E-state index in [9.17, 15) is 8.42 Å². The summed E-state index contributed by atoms with van der Waals surface area (Å²) in [5.74, 6) is 0.385. The fourth-order valence-electron chi connectivity index (χ4n) is 2.74. The van der Waals surface area contributed by atoms with Crippen molar-refractivity contribution in [2.24, 2.45) is 5.92 Å². The number of piperidine rings is 1. The highest BCUT2D eigenvalue weighted by molar-refractivity contribution is 7.89. The molecule has 1 N–H and O–H groups in total. The van der Waals surface area contributed by atoms with Gasteiger partial charge in [0.15, 0.2) is 0 Å². The first-order valence-electron chi connectivity index (χ1n) is 6.86. The smallest absolute Gasteiger partial charge is 0.243 e. The Bertz CT molecular complexity index is 573. The van der Waals surface area contributed by atoms with Gasteiger partial charge in [-0.1, -0.05) is 11.6 Å². The third-order valence-corrected chi connectivity index (χ3v) is 5.99. The van der Waals surface area contributed by atoms with Gasteiger partial charge in [0, 0.05) is 18.1 Å². The van der Waals surface area contributed by atoms with Crippen LogP contribution in [0.4, 0.5) is 0 Å². The minimum atomic E-state index is -3.41. The highest BCUT2D eigenvalue weighted by atomic mass is 35.5. The fourth-order valence-corrected chi connectivity index (χ4v) is 4.73. The van der Waals surface area contributed by atoms with E-state index in [0.29, 0.717) is 34.5 Å². The Balaban J connectivity index is 2.25. The lowest BCUT2D eigenvalue weighted by Crippen LogP contribution is -2.42. The lowest BCUT2D eigenvalue weighted by Gasteiger charge is -2.32. The zero-order valence-corrected chi connectivity index (χ0v) is 13.5. The first kappa shape index (κ1) is 15.8. The third kappa shape index (κ3) is 3.34. The van der Waals surface area contributed by atoms with Crippen molar-refractivity contribution in [2.45, 2.75) is 24.7 Å². The van der Waals surface area contributed by atoms with Gasteiger partial charge < -0.3 is 5.32 Å². The van der Waals surface area contributed by atoms with E-state index in [0.717, 1.165) is 19.4 Å². The molecule has 1 aliphatic rings. The molecule has 0 aromatic heterocycles. The van der Waals surface area contributed by atoms with Crippen LogP contribution in [-0.4, -0.2) is 39.4 Å². The normalized spacial score (nSPS) is 21.1. The Morgan fingerprint density at radius 1 is 1.45 bits per heavy atom. The Kier molecular flexibility index (Phi) is 5.07. The quantitative estimate of drug-likeness (QED) is 0.927. The molecule has 20 heavy (non-hydrogen) atoms. The largest absolute Gasteiger partial charge is 0.319 e. The molecule has 0 spiro atoms. The molecule has 0 aliphatic carbocycles. The number of nitrogens with zero attached hydrogens (tertiary/aromatic N) is 1. The molecule has 0 radical (unpaired) electrons. The van der Waals surface area contributed by atoms with E-state index in [2.05, 4.69) is 5.32 Å². The van der Waals surface area contributed by atoms with Gasteiger partial charge in [0.1, 0.15) is 0 Å². The van der Waals surface area contributed by atoms with E-state index < -0.39 is 10.0 Å². The van der Waals surface area contributed by atoms with Gasteiger partial charge in [-0.05, 0) is 63.0 Å². The topological polar surface area (TPSA) is 49.4 Å². The minimum absolute atomic E-state index is 0.368. The molecule has 1 aliphatic heterocycles. The van der Waals surface area contributed by atoms with E-state index in [1.807, 2.05) is 7.05 Å². The van der Waals surface area contributed by atoms with Gasteiger partial charge in [-0.2, -0.15) is 4.31 Å². The van der Waals surface area contributed by atoms with Crippen molar-refractivity contribution >= 4 is 21.6 Å². The van der Waals surface area contributed by atoms with Gasteiger partial charge in [0.2, 0.25) is 10.0 Å². The fraction of sp³-hybridized carbons (Fsp3) is 0.571. The van der Waals surface area contributed by atoms with Crippen LogP contribution in [0.15, 0.2) is 23.1 Å². The summed E-state index contributed by atoms with van der Waals surface area (Å²) in [6.07, 6.45) is 1.99. The molecule has 2 rings (SSSR count). The van der Waals surface area contributed by atoms with Crippen molar-refractivity contribution in [1.82, 2.24) is 9.62 Å². The third-order valence-electron chi connectivity index (χ3n) is 3.73. The van der Waals surface area contributed by atoms with E-state index in [1.54, 1.807) is 29.4 Å². The van der Waals surface area contributed by atoms with E-state index in [-0.39, 0.29) is 0 Å². The van der Waals surface area contributed by atoms with Crippen LogP contribution in [0.3, 0.4) is 0 Å². The lowest BCUT2D eigenvalue weighted by atomic mass is 10.00. The average Bonchev–Trinajstić information content (AvgIpc) is 2.39. The van der Waals surface area contributed by atoms with Gasteiger partial charge in [-0.25, -0.2) is 8.42 Å². The zero-order valence-electron chi connectivity index (χ0n) is 11.9. The summed E-state index contributed by atoms with van der Waals surface area (Å²) < 4.78 is 27.1. The number of aryl methyl sites for hydroxylation is 1. The molecule has 1 aromatic carbocycles. The molecule has 112 valence electrons. The molecule has 0 saturated carbocycles. The van der Waals surface area contributed by atoms with E-state index >= 15 is 0 Å². The van der Waals surface area contributed by atoms with Crippen LogP contribution in [-0.2, 0) is 10.0 Å². The number of hydrogen-bond acceptors (Lipinski definition) is 3. The van der Waals surface area contributed by atoms with Gasteiger partial charge in [-0.3, -0.25) is 0 Å². The van der Waals surface area contributed by atoms with Gasteiger partial charge in [0.25, 0.3) is 0 Å². The molecular formula is C14H21ClN2O2S. The van der Waals surface area contributed by atoms with Crippen molar-refractivity contribution in [1.29, 1.82) is 0 Å². The van der Waals surface area contributed by atoms with Crippen molar-refractivity contribution in [3.8, 4) is 0 Å². The standard InChI is InChI=1S/C14H21ClN2O2S/c1-11-8-13(15)5-6-14(11)20(18,19)17-7-3-4-12(10-17)9-16-2/h5-6,8,12,16H,3-4,7,9-10H2,1-2H3. The molecule has 1 saturated heterocycles. The van der Waals surface area contributed by atoms with E-state index in [1.165, 1.54) is 0 Å². The Labute approximate surface area is 126 Å². The van der Waals surface area contributed by atoms with Gasteiger partial charge in [0.05, 0.1) is 4.90 Å². The number of rotatable bonds is 4. The second kappa shape index (κ2) is 6.43. The second-order valence-corrected chi connectivity index (χ2v) is 7.68.